The minimum absolute atomic E-state index is 0.174. The summed E-state index contributed by atoms with van der Waals surface area (Å²) in [5.74, 6) is -0.550. The minimum Gasteiger partial charge on any atom is -0.463 e. The molecule has 22 heavy (non-hydrogen) atoms. The fraction of sp³-hybridized carbons (Fsp3) is 0.188. The van der Waals surface area contributed by atoms with Crippen LogP contribution in [0.2, 0.25) is 0 Å². The molecular weight excluding hydrogens is 280 g/mol. The SMILES string of the molecule is [C-]#[N+]c1c(C(=O)OCC)c2n(c1=C)NC(c1ccccc1)N=2. The quantitative estimate of drug-likeness (QED) is 0.689. The van der Waals surface area contributed by atoms with E-state index in [-0.39, 0.29) is 24.0 Å². The first-order chi connectivity index (χ1) is 10.7. The summed E-state index contributed by atoms with van der Waals surface area (Å²) in [6.07, 6.45) is -0.315. The van der Waals surface area contributed by atoms with Gasteiger partial charge in [0.05, 0.1) is 18.5 Å². The highest BCUT2D eigenvalue weighted by Gasteiger charge is 2.27. The van der Waals surface area contributed by atoms with Crippen molar-refractivity contribution in [3.05, 3.63) is 63.7 Å². The lowest BCUT2D eigenvalue weighted by atomic mass is 10.2. The average molecular weight is 294 g/mol. The standard InChI is InChI=1S/C16H14N4O2/c1-4-22-16(21)12-13(17-3)10(2)20-15(12)18-14(19-20)11-8-6-5-7-9-11/h5-9,14,19H,2,4H2,1H3. The van der Waals surface area contributed by atoms with Crippen molar-refractivity contribution in [2.75, 3.05) is 12.0 Å². The van der Waals surface area contributed by atoms with Crippen LogP contribution < -0.4 is 16.3 Å². The third-order valence-electron chi connectivity index (χ3n) is 3.42. The fourth-order valence-electron chi connectivity index (χ4n) is 2.43. The number of rotatable bonds is 3. The van der Waals surface area contributed by atoms with Crippen molar-refractivity contribution in [3.8, 4) is 0 Å². The van der Waals surface area contributed by atoms with Crippen molar-refractivity contribution in [1.29, 1.82) is 0 Å². The zero-order valence-electron chi connectivity index (χ0n) is 12.0. The zero-order chi connectivity index (χ0) is 15.7. The molecule has 0 aliphatic carbocycles. The van der Waals surface area contributed by atoms with E-state index in [1.165, 1.54) is 0 Å². The summed E-state index contributed by atoms with van der Waals surface area (Å²) >= 11 is 0. The number of carbonyl (C=O) groups excluding carboxylic acids is 1. The van der Waals surface area contributed by atoms with Gasteiger partial charge in [0, 0.05) is 0 Å². The van der Waals surface area contributed by atoms with E-state index in [2.05, 4.69) is 21.8 Å². The molecule has 1 aromatic heterocycles. The highest BCUT2D eigenvalue weighted by Crippen LogP contribution is 2.20. The van der Waals surface area contributed by atoms with E-state index in [0.29, 0.717) is 10.8 Å². The fourth-order valence-corrected chi connectivity index (χ4v) is 2.43. The molecule has 0 saturated heterocycles. The molecule has 6 heteroatoms. The molecule has 0 fully saturated rings. The number of nitrogens with one attached hydrogen (secondary N) is 1. The smallest absolute Gasteiger partial charge is 0.331 e. The van der Waals surface area contributed by atoms with E-state index in [1.807, 2.05) is 30.3 Å². The summed E-state index contributed by atoms with van der Waals surface area (Å²) in [5, 5.41) is 0.412. The van der Waals surface area contributed by atoms with Crippen LogP contribution >= 0.6 is 0 Å². The molecule has 1 atom stereocenters. The maximum absolute atomic E-state index is 12.1. The largest absolute Gasteiger partial charge is 0.463 e. The molecule has 1 unspecified atom stereocenters. The van der Waals surface area contributed by atoms with Crippen LogP contribution in [0.4, 0.5) is 5.69 Å². The molecule has 1 aliphatic heterocycles. The van der Waals surface area contributed by atoms with Crippen molar-refractivity contribution < 1.29 is 9.53 Å². The second kappa shape index (κ2) is 5.37. The third kappa shape index (κ3) is 2.04. The molecule has 2 heterocycles. The Hall–Kier alpha value is -3.07. The van der Waals surface area contributed by atoms with Crippen LogP contribution in [0.3, 0.4) is 0 Å². The molecule has 0 amide bonds. The number of esters is 1. The third-order valence-corrected chi connectivity index (χ3v) is 3.42. The number of fused-ring (bicyclic) bond motifs is 1. The Balaban J connectivity index is 2.15. The van der Waals surface area contributed by atoms with Crippen LogP contribution in [0.15, 0.2) is 35.3 Å². The van der Waals surface area contributed by atoms with Gasteiger partial charge in [-0.25, -0.2) is 14.6 Å². The Labute approximate surface area is 127 Å². The Bertz CT molecular complexity index is 878. The van der Waals surface area contributed by atoms with E-state index in [9.17, 15) is 4.79 Å². The van der Waals surface area contributed by atoms with Gasteiger partial charge in [0.25, 0.3) is 0 Å². The molecule has 3 rings (SSSR count). The van der Waals surface area contributed by atoms with Crippen LogP contribution in [0, 0.1) is 6.57 Å². The molecule has 1 aromatic carbocycles. The highest BCUT2D eigenvalue weighted by molar-refractivity contribution is 5.96. The minimum atomic E-state index is -0.550. The van der Waals surface area contributed by atoms with Crippen molar-refractivity contribution in [1.82, 2.24) is 4.68 Å². The summed E-state index contributed by atoms with van der Waals surface area (Å²) in [5.41, 5.74) is 4.85. The lowest BCUT2D eigenvalue weighted by Crippen LogP contribution is -2.30. The molecule has 0 bridgehead atoms. The lowest BCUT2D eigenvalue weighted by molar-refractivity contribution is 0.0526. The molecule has 110 valence electrons. The van der Waals surface area contributed by atoms with Gasteiger partial charge in [-0.3, -0.25) is 10.1 Å². The Morgan fingerprint density at radius 2 is 2.23 bits per heavy atom. The van der Waals surface area contributed by atoms with E-state index in [0.717, 1.165) is 5.56 Å². The number of hydrogen-bond donors (Lipinski definition) is 1. The summed E-state index contributed by atoms with van der Waals surface area (Å²) in [6, 6.07) is 9.64. The molecule has 0 saturated carbocycles. The van der Waals surface area contributed by atoms with Crippen LogP contribution in [-0.4, -0.2) is 17.3 Å². The Morgan fingerprint density at radius 1 is 1.50 bits per heavy atom. The monoisotopic (exact) mass is 294 g/mol. The summed E-state index contributed by atoms with van der Waals surface area (Å²) in [6.45, 7) is 13.1. The van der Waals surface area contributed by atoms with Crippen molar-refractivity contribution in [2.45, 2.75) is 13.1 Å². The highest BCUT2D eigenvalue weighted by atomic mass is 16.5. The van der Waals surface area contributed by atoms with Gasteiger partial charge < -0.3 is 4.74 Å². The molecule has 1 N–H and O–H groups in total. The van der Waals surface area contributed by atoms with Gasteiger partial charge in [-0.05, 0) is 12.5 Å². The first-order valence-corrected chi connectivity index (χ1v) is 6.85. The number of ether oxygens (including phenoxy) is 1. The zero-order valence-corrected chi connectivity index (χ0v) is 12.0. The number of benzene rings is 1. The molecular formula is C16H14N4O2. The van der Waals surface area contributed by atoms with E-state index < -0.39 is 5.97 Å². The average Bonchev–Trinajstić information content (AvgIpc) is 3.07. The number of aromatic nitrogens is 1. The van der Waals surface area contributed by atoms with Crippen LogP contribution in [0.25, 0.3) is 11.4 Å². The van der Waals surface area contributed by atoms with Gasteiger partial charge in [0.15, 0.2) is 11.7 Å². The van der Waals surface area contributed by atoms with Gasteiger partial charge in [-0.2, -0.15) is 0 Å². The predicted octanol–water partition coefficient (Wildman–Crippen LogP) is 1.50. The number of nitrogens with zero attached hydrogens (tertiary/aromatic N) is 3. The van der Waals surface area contributed by atoms with Gasteiger partial charge in [-0.15, -0.1) is 0 Å². The molecule has 2 aromatic rings. The summed E-state index contributed by atoms with van der Waals surface area (Å²) < 4.78 is 6.62. The van der Waals surface area contributed by atoms with E-state index in [4.69, 9.17) is 11.3 Å². The number of hydrogen-bond acceptors (Lipinski definition) is 4. The van der Waals surface area contributed by atoms with Crippen molar-refractivity contribution >= 4 is 18.2 Å². The van der Waals surface area contributed by atoms with E-state index >= 15 is 0 Å². The van der Waals surface area contributed by atoms with Crippen LogP contribution in [0.5, 0.6) is 0 Å². The first-order valence-electron chi connectivity index (χ1n) is 6.85. The Kier molecular flexibility index (Phi) is 3.39. The van der Waals surface area contributed by atoms with Crippen molar-refractivity contribution in [2.24, 2.45) is 4.99 Å². The van der Waals surface area contributed by atoms with Gasteiger partial charge in [-0.1, -0.05) is 36.9 Å². The molecule has 0 radical (unpaired) electrons. The maximum Gasteiger partial charge on any atom is 0.331 e. The Morgan fingerprint density at radius 3 is 2.86 bits per heavy atom. The second-order valence-electron chi connectivity index (χ2n) is 4.73. The van der Waals surface area contributed by atoms with Crippen LogP contribution in [-0.2, 0) is 4.74 Å². The second-order valence-corrected chi connectivity index (χ2v) is 4.73. The van der Waals surface area contributed by atoms with E-state index in [1.54, 1.807) is 11.6 Å². The summed E-state index contributed by atoms with van der Waals surface area (Å²) in [4.78, 5) is 20.1. The normalized spacial score (nSPS) is 15.4. The van der Waals surface area contributed by atoms with Gasteiger partial charge in [0.2, 0.25) is 5.69 Å². The topological polar surface area (TPSA) is 60.0 Å². The summed E-state index contributed by atoms with van der Waals surface area (Å²) in [7, 11) is 0. The van der Waals surface area contributed by atoms with Gasteiger partial charge in [0.1, 0.15) is 5.56 Å². The molecule has 6 nitrogen and oxygen atoms in total. The predicted molar refractivity (Wildman–Crippen MR) is 81.5 cm³/mol. The van der Waals surface area contributed by atoms with Gasteiger partial charge >= 0.3 is 5.97 Å². The maximum atomic E-state index is 12.1. The van der Waals surface area contributed by atoms with Crippen LogP contribution in [0.1, 0.15) is 29.0 Å². The van der Waals surface area contributed by atoms with Crippen molar-refractivity contribution in [3.63, 3.8) is 0 Å². The lowest BCUT2D eigenvalue weighted by Gasteiger charge is -2.10. The molecule has 0 spiro atoms. The first kappa shape index (κ1) is 13.9. The number of carbonyl (C=O) groups is 1. The molecule has 1 aliphatic rings.